The van der Waals surface area contributed by atoms with Gasteiger partial charge in [0.25, 0.3) is 0 Å². The van der Waals surface area contributed by atoms with Crippen LogP contribution in [0.3, 0.4) is 0 Å². The van der Waals surface area contributed by atoms with Gasteiger partial charge >= 0.3 is 0 Å². The van der Waals surface area contributed by atoms with Gasteiger partial charge in [-0.3, -0.25) is 4.98 Å². The molecule has 0 spiro atoms. The molecule has 33 heavy (non-hydrogen) atoms. The van der Waals surface area contributed by atoms with Crippen LogP contribution in [0.4, 0.5) is 0 Å². The number of tetrazole rings is 1. The second-order valence-corrected chi connectivity index (χ2v) is 12.5. The summed E-state index contributed by atoms with van der Waals surface area (Å²) in [7, 11) is 0. The molecule has 7 atom stereocenters. The number of rotatable bonds is 1. The van der Waals surface area contributed by atoms with Crippen LogP contribution in [0.25, 0.3) is 5.57 Å². The van der Waals surface area contributed by atoms with Gasteiger partial charge in [-0.1, -0.05) is 39.8 Å². The lowest BCUT2D eigenvalue weighted by Gasteiger charge is -2.67. The fraction of sp³-hybridized carbons (Fsp3) is 0.704. The Kier molecular flexibility index (Phi) is 4.24. The topological polar surface area (TPSA) is 76.7 Å². The molecule has 2 saturated carbocycles. The van der Waals surface area contributed by atoms with E-state index in [0.29, 0.717) is 5.92 Å². The van der Waals surface area contributed by atoms with Gasteiger partial charge in [-0.05, 0) is 101 Å². The van der Waals surface area contributed by atoms with E-state index in [1.165, 1.54) is 24.0 Å². The minimum atomic E-state index is -0.296. The van der Waals surface area contributed by atoms with Crippen LogP contribution in [0.1, 0.15) is 84.5 Å². The van der Waals surface area contributed by atoms with Crippen LogP contribution in [0.2, 0.25) is 0 Å². The lowest BCUT2D eigenvalue weighted by molar-refractivity contribution is -0.189. The van der Waals surface area contributed by atoms with E-state index in [-0.39, 0.29) is 33.3 Å². The molecule has 0 radical (unpaired) electrons. The van der Waals surface area contributed by atoms with Gasteiger partial charge in [-0.25, -0.2) is 4.68 Å². The minimum absolute atomic E-state index is 0.00801. The molecule has 0 unspecified atom stereocenters. The van der Waals surface area contributed by atoms with Gasteiger partial charge in [0.15, 0.2) is 5.82 Å². The van der Waals surface area contributed by atoms with Crippen molar-refractivity contribution in [2.75, 3.05) is 0 Å². The van der Waals surface area contributed by atoms with Gasteiger partial charge in [-0.2, -0.15) is 0 Å². The Morgan fingerprint density at radius 3 is 2.64 bits per heavy atom. The smallest absolute Gasteiger partial charge is 0.152 e. The zero-order valence-corrected chi connectivity index (χ0v) is 20.7. The van der Waals surface area contributed by atoms with Crippen molar-refractivity contribution in [2.24, 2.45) is 27.6 Å². The molecule has 2 fully saturated rings. The van der Waals surface area contributed by atoms with Gasteiger partial charge in [0.1, 0.15) is 0 Å². The Morgan fingerprint density at radius 2 is 1.88 bits per heavy atom. The second-order valence-electron chi connectivity index (χ2n) is 12.5. The largest absolute Gasteiger partial charge is 0.393 e. The Bertz CT molecular complexity index is 1130. The van der Waals surface area contributed by atoms with Crippen LogP contribution in [0.15, 0.2) is 30.6 Å². The van der Waals surface area contributed by atoms with Crippen LogP contribution < -0.4 is 0 Å². The second kappa shape index (κ2) is 6.53. The number of pyridine rings is 1. The van der Waals surface area contributed by atoms with Crippen molar-refractivity contribution >= 4 is 5.57 Å². The van der Waals surface area contributed by atoms with E-state index in [1.807, 2.05) is 12.4 Å². The fourth-order valence-corrected chi connectivity index (χ4v) is 9.11. The van der Waals surface area contributed by atoms with Gasteiger partial charge in [0.05, 0.1) is 11.6 Å². The highest BCUT2D eigenvalue weighted by atomic mass is 16.3. The molecule has 4 aliphatic rings. The summed E-state index contributed by atoms with van der Waals surface area (Å²) in [5.74, 6) is 1.44. The number of nitrogens with zero attached hydrogens (tertiary/aromatic N) is 5. The Balaban J connectivity index is 1.52. The summed E-state index contributed by atoms with van der Waals surface area (Å²) in [6.45, 7) is 12.4. The molecule has 176 valence electrons. The van der Waals surface area contributed by atoms with Crippen LogP contribution in [-0.2, 0) is 12.0 Å². The molecule has 0 saturated heterocycles. The number of fused-ring (bicyclic) bond motifs is 7. The van der Waals surface area contributed by atoms with E-state index in [0.717, 1.165) is 37.9 Å². The van der Waals surface area contributed by atoms with Gasteiger partial charge in [0.2, 0.25) is 0 Å². The molecular weight excluding hydrogens is 410 g/mol. The van der Waals surface area contributed by atoms with Crippen LogP contribution in [0.5, 0.6) is 0 Å². The first kappa shape index (κ1) is 21.5. The van der Waals surface area contributed by atoms with Gasteiger partial charge < -0.3 is 5.11 Å². The molecule has 3 heterocycles. The number of hydrogen-bond acceptors (Lipinski definition) is 5. The molecule has 6 heteroatoms. The van der Waals surface area contributed by atoms with E-state index < -0.39 is 0 Å². The van der Waals surface area contributed by atoms with E-state index >= 15 is 0 Å². The third-order valence-corrected chi connectivity index (χ3v) is 11.7. The quantitative estimate of drug-likeness (QED) is 0.679. The first-order valence-corrected chi connectivity index (χ1v) is 12.7. The van der Waals surface area contributed by atoms with Crippen molar-refractivity contribution in [1.29, 1.82) is 0 Å². The maximum absolute atomic E-state index is 10.8. The summed E-state index contributed by atoms with van der Waals surface area (Å²) in [5, 5.41) is 24.0. The summed E-state index contributed by atoms with van der Waals surface area (Å²) < 4.78 is 2.12. The van der Waals surface area contributed by atoms with E-state index in [4.69, 9.17) is 0 Å². The molecule has 1 N–H and O–H groups in total. The molecule has 2 aromatic heterocycles. The van der Waals surface area contributed by atoms with Crippen LogP contribution in [0, 0.1) is 27.6 Å². The zero-order valence-electron chi connectivity index (χ0n) is 20.7. The molecule has 6 rings (SSSR count). The fourth-order valence-electron chi connectivity index (χ4n) is 9.11. The zero-order chi connectivity index (χ0) is 23.3. The molecule has 3 aliphatic carbocycles. The molecule has 0 amide bonds. The van der Waals surface area contributed by atoms with Crippen molar-refractivity contribution in [1.82, 2.24) is 25.2 Å². The molecule has 2 aromatic rings. The maximum atomic E-state index is 10.8. The first-order valence-electron chi connectivity index (χ1n) is 12.7. The normalized spacial score (nSPS) is 46.4. The van der Waals surface area contributed by atoms with Crippen LogP contribution >= 0.6 is 0 Å². The maximum Gasteiger partial charge on any atom is 0.152 e. The molecule has 0 aromatic carbocycles. The average molecular weight is 448 g/mol. The number of allylic oxidation sites excluding steroid dienone is 2. The van der Waals surface area contributed by atoms with Crippen molar-refractivity contribution in [3.8, 4) is 0 Å². The summed E-state index contributed by atoms with van der Waals surface area (Å²) in [5.41, 5.74) is 2.73. The minimum Gasteiger partial charge on any atom is -0.393 e. The highest BCUT2D eigenvalue weighted by Crippen LogP contribution is 2.76. The first-order chi connectivity index (χ1) is 15.6. The predicted octanol–water partition coefficient (Wildman–Crippen LogP) is 4.81. The molecule has 6 nitrogen and oxygen atoms in total. The predicted molar refractivity (Wildman–Crippen MR) is 127 cm³/mol. The highest BCUT2D eigenvalue weighted by molar-refractivity contribution is 5.73. The van der Waals surface area contributed by atoms with Gasteiger partial charge in [0, 0.05) is 18.8 Å². The van der Waals surface area contributed by atoms with Crippen molar-refractivity contribution < 1.29 is 5.11 Å². The van der Waals surface area contributed by atoms with E-state index in [2.05, 4.69) is 78.0 Å². The van der Waals surface area contributed by atoms with Crippen LogP contribution in [-0.4, -0.2) is 36.4 Å². The van der Waals surface area contributed by atoms with E-state index in [9.17, 15) is 5.11 Å². The summed E-state index contributed by atoms with van der Waals surface area (Å²) >= 11 is 0. The third kappa shape index (κ3) is 2.38. The molecular formula is C27H37N5O. The summed E-state index contributed by atoms with van der Waals surface area (Å²) in [6.07, 6.45) is 13.0. The SMILES string of the molecule is C[C@]12CC[C@H](O)C[C@]1(C)n1nnnc1C[C@@H]1[C@]2(C)CC[C@]2(C)C(c3cccnc3)=CC[C@@]12C. The lowest BCUT2D eigenvalue weighted by Crippen LogP contribution is -2.64. The highest BCUT2D eigenvalue weighted by Gasteiger charge is 2.71. The Labute approximate surface area is 196 Å². The molecule has 1 aliphatic heterocycles. The number of aromatic nitrogens is 5. The number of aliphatic hydroxyl groups is 1. The number of hydrogen-bond donors (Lipinski definition) is 1. The average Bonchev–Trinajstić information content (AvgIpc) is 3.36. The molecule has 0 bridgehead atoms. The lowest BCUT2D eigenvalue weighted by atomic mass is 9.37. The monoisotopic (exact) mass is 447 g/mol. The van der Waals surface area contributed by atoms with E-state index in [1.54, 1.807) is 0 Å². The Morgan fingerprint density at radius 1 is 1.06 bits per heavy atom. The number of aliphatic hydroxyl groups excluding tert-OH is 1. The summed E-state index contributed by atoms with van der Waals surface area (Å²) in [4.78, 5) is 4.44. The van der Waals surface area contributed by atoms with Gasteiger partial charge in [-0.15, -0.1) is 5.10 Å². The third-order valence-electron chi connectivity index (χ3n) is 11.7. The Hall–Kier alpha value is -2.08. The van der Waals surface area contributed by atoms with Crippen molar-refractivity contribution in [2.45, 2.75) is 91.2 Å². The van der Waals surface area contributed by atoms with Crippen molar-refractivity contribution in [3.63, 3.8) is 0 Å². The standard InChI is InChI=1S/C27H37N5O/c1-23-12-13-25(3)21(24(23,2)10-9-20(23)18-7-6-14-28-17-18)15-22-29-30-31-32(22)27(5)16-19(33)8-11-26(25,27)4/h6-7,9,14,17,19,21,33H,8,10-13,15-16H2,1-5H3/t19-,21-,23+,24-,25-,26+,27-/m0/s1. The van der Waals surface area contributed by atoms with Crippen molar-refractivity contribution in [3.05, 3.63) is 42.0 Å². The summed E-state index contributed by atoms with van der Waals surface area (Å²) in [6, 6.07) is 4.28.